The maximum Gasteiger partial charge on any atom is 0.339 e. The molecule has 6 nitrogen and oxygen atoms in total. The maximum atomic E-state index is 12.7. The van der Waals surface area contributed by atoms with Gasteiger partial charge in [-0.2, -0.15) is 0 Å². The zero-order valence-electron chi connectivity index (χ0n) is 19.2. The fourth-order valence-electron chi connectivity index (χ4n) is 3.55. The predicted molar refractivity (Wildman–Crippen MR) is 128 cm³/mol. The van der Waals surface area contributed by atoms with Crippen LogP contribution < -0.4 is 11.3 Å². The van der Waals surface area contributed by atoms with Crippen LogP contribution in [0.5, 0.6) is 0 Å². The smallest absolute Gasteiger partial charge is 0.339 e. The van der Waals surface area contributed by atoms with Crippen LogP contribution in [0.4, 0.5) is 5.95 Å². The largest absolute Gasteiger partial charge is 0.456 e. The first kappa shape index (κ1) is 23.3. The van der Waals surface area contributed by atoms with Crippen LogP contribution in [0.3, 0.4) is 0 Å². The van der Waals surface area contributed by atoms with Crippen LogP contribution in [-0.4, -0.2) is 21.5 Å². The van der Waals surface area contributed by atoms with Gasteiger partial charge in [-0.1, -0.05) is 55.8 Å². The minimum atomic E-state index is -0.566. The zero-order chi connectivity index (χ0) is 23.3. The number of esters is 1. The van der Waals surface area contributed by atoms with Gasteiger partial charge in [-0.05, 0) is 56.4 Å². The van der Waals surface area contributed by atoms with E-state index in [-0.39, 0.29) is 17.5 Å². The van der Waals surface area contributed by atoms with Crippen LogP contribution in [0.25, 0.3) is 11.1 Å². The average Bonchev–Trinajstić information content (AvgIpc) is 2.73. The van der Waals surface area contributed by atoms with Gasteiger partial charge in [0.2, 0.25) is 5.95 Å². The number of benzene rings is 2. The van der Waals surface area contributed by atoms with E-state index in [1.807, 2.05) is 63.2 Å². The van der Waals surface area contributed by atoms with Crippen molar-refractivity contribution in [2.75, 3.05) is 5.73 Å². The van der Waals surface area contributed by atoms with Gasteiger partial charge in [-0.3, -0.25) is 9.78 Å². The number of hydrogen-bond donors (Lipinski definition) is 2. The van der Waals surface area contributed by atoms with Gasteiger partial charge in [-0.15, -0.1) is 0 Å². The molecule has 168 valence electrons. The Bertz CT molecular complexity index is 1140. The number of carbonyl (C=O) groups excluding carboxylic acids is 1. The van der Waals surface area contributed by atoms with Crippen LogP contribution >= 0.6 is 0 Å². The summed E-state index contributed by atoms with van der Waals surface area (Å²) in [4.78, 5) is 32.2. The van der Waals surface area contributed by atoms with Crippen molar-refractivity contribution in [3.8, 4) is 11.1 Å². The third-order valence-electron chi connectivity index (χ3n) is 5.08. The normalized spacial score (nSPS) is 11.4. The molecule has 0 amide bonds. The lowest BCUT2D eigenvalue weighted by Gasteiger charge is -2.20. The average molecular weight is 434 g/mol. The minimum absolute atomic E-state index is 0.152. The monoisotopic (exact) mass is 433 g/mol. The number of nitrogen functional groups attached to an aromatic ring is 1. The molecule has 0 radical (unpaired) electrons. The van der Waals surface area contributed by atoms with Crippen molar-refractivity contribution in [3.05, 3.63) is 81.3 Å². The molecular weight excluding hydrogens is 402 g/mol. The molecule has 32 heavy (non-hydrogen) atoms. The van der Waals surface area contributed by atoms with Gasteiger partial charge < -0.3 is 10.5 Å². The molecule has 0 aliphatic rings. The molecule has 0 spiro atoms. The van der Waals surface area contributed by atoms with Crippen molar-refractivity contribution in [1.82, 2.24) is 9.97 Å². The van der Waals surface area contributed by atoms with E-state index < -0.39 is 5.60 Å². The van der Waals surface area contributed by atoms with Gasteiger partial charge in [0.05, 0.1) is 11.3 Å². The lowest BCUT2D eigenvalue weighted by Crippen LogP contribution is -2.24. The summed E-state index contributed by atoms with van der Waals surface area (Å²) >= 11 is 0. The van der Waals surface area contributed by atoms with Gasteiger partial charge in [0.15, 0.2) is 0 Å². The second-order valence-corrected chi connectivity index (χ2v) is 8.90. The van der Waals surface area contributed by atoms with Crippen LogP contribution in [0, 0.1) is 0 Å². The van der Waals surface area contributed by atoms with Gasteiger partial charge in [-0.25, -0.2) is 9.78 Å². The lowest BCUT2D eigenvalue weighted by molar-refractivity contribution is 0.00704. The molecule has 3 rings (SSSR count). The SMILES string of the molecule is CCCCc1nc(N)[nH]c(=O)c1Cc1ccc(-c2ccccc2C(=O)OC(C)(C)C)cc1. The van der Waals surface area contributed by atoms with Crippen molar-refractivity contribution in [1.29, 1.82) is 0 Å². The van der Waals surface area contributed by atoms with Crippen LogP contribution in [0.15, 0.2) is 53.3 Å². The number of ether oxygens (including phenoxy) is 1. The van der Waals surface area contributed by atoms with E-state index in [0.29, 0.717) is 17.5 Å². The van der Waals surface area contributed by atoms with Crippen LogP contribution in [-0.2, 0) is 17.6 Å². The highest BCUT2D eigenvalue weighted by molar-refractivity contribution is 5.97. The number of anilines is 1. The topological polar surface area (TPSA) is 98.1 Å². The first-order chi connectivity index (χ1) is 15.2. The van der Waals surface area contributed by atoms with Crippen LogP contribution in [0.2, 0.25) is 0 Å². The number of carbonyl (C=O) groups is 1. The Morgan fingerprint density at radius 3 is 2.44 bits per heavy atom. The highest BCUT2D eigenvalue weighted by Gasteiger charge is 2.20. The first-order valence-electron chi connectivity index (χ1n) is 11.0. The number of aromatic nitrogens is 2. The van der Waals surface area contributed by atoms with Crippen molar-refractivity contribution in [2.24, 2.45) is 0 Å². The first-order valence-corrected chi connectivity index (χ1v) is 11.0. The Kier molecular flexibility index (Phi) is 7.13. The van der Waals surface area contributed by atoms with E-state index in [9.17, 15) is 9.59 Å². The lowest BCUT2D eigenvalue weighted by atomic mass is 9.96. The standard InChI is InChI=1S/C26H31N3O3/c1-5-6-11-22-21(23(30)29-25(27)28-22)16-17-12-14-18(15-13-17)19-9-7-8-10-20(19)24(31)32-26(2,3)4/h7-10,12-15H,5-6,11,16H2,1-4H3,(H3,27,28,29,30). The number of H-pyrrole nitrogens is 1. The molecule has 0 fully saturated rings. The van der Waals surface area contributed by atoms with E-state index in [2.05, 4.69) is 16.9 Å². The molecule has 0 bridgehead atoms. The van der Waals surface area contributed by atoms with Crippen molar-refractivity contribution >= 4 is 11.9 Å². The molecule has 0 aliphatic carbocycles. The Balaban J connectivity index is 1.88. The maximum absolute atomic E-state index is 12.7. The van der Waals surface area contributed by atoms with E-state index in [1.165, 1.54) is 0 Å². The van der Waals surface area contributed by atoms with E-state index in [0.717, 1.165) is 41.6 Å². The Labute approximate surface area is 188 Å². The van der Waals surface area contributed by atoms with Gasteiger partial charge in [0.1, 0.15) is 5.60 Å². The van der Waals surface area contributed by atoms with E-state index in [1.54, 1.807) is 6.07 Å². The van der Waals surface area contributed by atoms with Gasteiger partial charge in [0, 0.05) is 12.0 Å². The molecule has 2 aromatic carbocycles. The summed E-state index contributed by atoms with van der Waals surface area (Å²) in [6.45, 7) is 7.66. The minimum Gasteiger partial charge on any atom is -0.456 e. The predicted octanol–water partition coefficient (Wildman–Crippen LogP) is 4.91. The Morgan fingerprint density at radius 1 is 1.09 bits per heavy atom. The van der Waals surface area contributed by atoms with Gasteiger partial charge >= 0.3 is 5.97 Å². The summed E-state index contributed by atoms with van der Waals surface area (Å²) in [6, 6.07) is 15.3. The molecule has 0 saturated carbocycles. The fraction of sp³-hybridized carbons (Fsp3) is 0.346. The number of nitrogens with two attached hydrogens (primary N) is 1. The molecule has 0 unspecified atom stereocenters. The highest BCUT2D eigenvalue weighted by Crippen LogP contribution is 2.26. The van der Waals surface area contributed by atoms with Crippen LogP contribution in [0.1, 0.15) is 67.7 Å². The number of aromatic amines is 1. The van der Waals surface area contributed by atoms with Crippen molar-refractivity contribution in [2.45, 2.75) is 59.0 Å². The number of aryl methyl sites for hydroxylation is 1. The summed E-state index contributed by atoms with van der Waals surface area (Å²) in [5, 5.41) is 0. The third kappa shape index (κ3) is 5.84. The van der Waals surface area contributed by atoms with Crippen molar-refractivity contribution < 1.29 is 9.53 Å². The molecule has 0 saturated heterocycles. The van der Waals surface area contributed by atoms with Crippen molar-refractivity contribution in [3.63, 3.8) is 0 Å². The van der Waals surface area contributed by atoms with E-state index >= 15 is 0 Å². The molecule has 1 heterocycles. The molecule has 0 aliphatic heterocycles. The summed E-state index contributed by atoms with van der Waals surface area (Å²) in [5.74, 6) is -0.198. The third-order valence-corrected chi connectivity index (χ3v) is 5.08. The summed E-state index contributed by atoms with van der Waals surface area (Å²) < 4.78 is 5.56. The number of rotatable bonds is 7. The summed E-state index contributed by atoms with van der Waals surface area (Å²) in [7, 11) is 0. The number of unbranched alkanes of at least 4 members (excludes halogenated alkanes) is 1. The molecule has 0 atom stereocenters. The quantitative estimate of drug-likeness (QED) is 0.516. The molecular formula is C26H31N3O3. The summed E-state index contributed by atoms with van der Waals surface area (Å²) in [6.07, 6.45) is 3.15. The molecule has 3 N–H and O–H groups in total. The number of nitrogens with one attached hydrogen (secondary N) is 1. The summed E-state index contributed by atoms with van der Waals surface area (Å²) in [5.41, 5.74) is 9.62. The Hall–Kier alpha value is -3.41. The van der Waals surface area contributed by atoms with Gasteiger partial charge in [0.25, 0.3) is 5.56 Å². The Morgan fingerprint density at radius 2 is 1.78 bits per heavy atom. The second-order valence-electron chi connectivity index (χ2n) is 8.90. The molecule has 1 aromatic heterocycles. The fourth-order valence-corrected chi connectivity index (χ4v) is 3.55. The molecule has 6 heteroatoms. The van der Waals surface area contributed by atoms with E-state index in [4.69, 9.17) is 10.5 Å². The second kappa shape index (κ2) is 9.81. The number of hydrogen-bond acceptors (Lipinski definition) is 5. The number of nitrogens with zero attached hydrogens (tertiary/aromatic N) is 1. The highest BCUT2D eigenvalue weighted by atomic mass is 16.6. The zero-order valence-corrected chi connectivity index (χ0v) is 19.2. The molecule has 3 aromatic rings.